The van der Waals surface area contributed by atoms with Crippen LogP contribution in [0.5, 0.6) is 0 Å². The van der Waals surface area contributed by atoms with Crippen LogP contribution in [0.25, 0.3) is 0 Å². The molecule has 5 heteroatoms. The molecular formula is C15H26IN3S. The fourth-order valence-electron chi connectivity index (χ4n) is 1.70. The van der Waals surface area contributed by atoms with Gasteiger partial charge in [-0.2, -0.15) is 0 Å². The number of nitrogens with two attached hydrogens (primary N) is 1. The minimum absolute atomic E-state index is 0. The van der Waals surface area contributed by atoms with Crippen LogP contribution < -0.4 is 11.1 Å². The number of nitrogens with zero attached hydrogens (tertiary/aromatic N) is 1. The van der Waals surface area contributed by atoms with Crippen LogP contribution in [0.3, 0.4) is 0 Å². The highest BCUT2D eigenvalue weighted by Crippen LogP contribution is 2.22. The maximum Gasteiger partial charge on any atom is 0.188 e. The fourth-order valence-corrected chi connectivity index (χ4v) is 2.40. The summed E-state index contributed by atoms with van der Waals surface area (Å²) in [6, 6.07) is 6.44. The van der Waals surface area contributed by atoms with Crippen molar-refractivity contribution in [2.75, 3.05) is 12.8 Å². The predicted molar refractivity (Wildman–Crippen MR) is 101 cm³/mol. The van der Waals surface area contributed by atoms with E-state index in [1.54, 1.807) is 11.8 Å². The zero-order valence-electron chi connectivity index (χ0n) is 12.8. The summed E-state index contributed by atoms with van der Waals surface area (Å²) < 4.78 is 0. The fraction of sp³-hybridized carbons (Fsp3) is 0.533. The van der Waals surface area contributed by atoms with Crippen molar-refractivity contribution in [3.05, 3.63) is 29.3 Å². The molecule has 0 radical (unpaired) electrons. The minimum atomic E-state index is 0. The third-order valence-electron chi connectivity index (χ3n) is 2.89. The summed E-state index contributed by atoms with van der Waals surface area (Å²) in [5, 5.41) is 3.15. The molecule has 0 unspecified atom stereocenters. The quantitative estimate of drug-likeness (QED) is 0.327. The smallest absolute Gasteiger partial charge is 0.188 e. The van der Waals surface area contributed by atoms with Crippen LogP contribution in [0.1, 0.15) is 31.4 Å². The van der Waals surface area contributed by atoms with Crippen molar-refractivity contribution >= 4 is 41.7 Å². The summed E-state index contributed by atoms with van der Waals surface area (Å²) in [5.41, 5.74) is 8.37. The number of aliphatic imine (C=N–C) groups is 1. The van der Waals surface area contributed by atoms with E-state index >= 15 is 0 Å². The largest absolute Gasteiger partial charge is 0.370 e. The molecule has 0 aliphatic rings. The summed E-state index contributed by atoms with van der Waals surface area (Å²) in [6.07, 6.45) is 3.20. The highest BCUT2D eigenvalue weighted by Gasteiger charge is 2.01. The summed E-state index contributed by atoms with van der Waals surface area (Å²) in [7, 11) is 0. The van der Waals surface area contributed by atoms with Crippen molar-refractivity contribution in [1.29, 1.82) is 0 Å². The lowest BCUT2D eigenvalue weighted by molar-refractivity contribution is 0.576. The van der Waals surface area contributed by atoms with Gasteiger partial charge in [-0.3, -0.25) is 0 Å². The topological polar surface area (TPSA) is 50.4 Å². The van der Waals surface area contributed by atoms with Crippen LogP contribution in [-0.4, -0.2) is 18.8 Å². The van der Waals surface area contributed by atoms with E-state index in [0.717, 1.165) is 13.0 Å². The molecular weight excluding hydrogens is 381 g/mol. The first kappa shape index (κ1) is 19.6. The molecule has 0 aliphatic carbocycles. The zero-order chi connectivity index (χ0) is 14.3. The number of hydrogen-bond acceptors (Lipinski definition) is 2. The Balaban J connectivity index is 0.00000361. The summed E-state index contributed by atoms with van der Waals surface area (Å²) in [6.45, 7) is 8.03. The van der Waals surface area contributed by atoms with Gasteiger partial charge in [0.2, 0.25) is 0 Å². The number of rotatable bonds is 6. The van der Waals surface area contributed by atoms with Gasteiger partial charge >= 0.3 is 0 Å². The number of benzene rings is 1. The normalized spacial score (nSPS) is 11.3. The van der Waals surface area contributed by atoms with Crippen molar-refractivity contribution in [2.24, 2.45) is 16.6 Å². The van der Waals surface area contributed by atoms with Gasteiger partial charge in [0.1, 0.15) is 0 Å². The second kappa shape index (κ2) is 10.3. The number of aryl methyl sites for hydroxylation is 1. The Morgan fingerprint density at radius 2 is 2.10 bits per heavy atom. The monoisotopic (exact) mass is 407 g/mol. The third-order valence-corrected chi connectivity index (χ3v) is 3.71. The number of guanidine groups is 1. The van der Waals surface area contributed by atoms with Crippen molar-refractivity contribution in [1.82, 2.24) is 5.32 Å². The van der Waals surface area contributed by atoms with E-state index in [9.17, 15) is 0 Å². The molecule has 0 saturated carbocycles. The Kier molecular flexibility index (Phi) is 10.1. The van der Waals surface area contributed by atoms with E-state index in [0.29, 0.717) is 18.4 Å². The molecule has 0 bridgehead atoms. The molecule has 0 spiro atoms. The van der Waals surface area contributed by atoms with Crippen LogP contribution in [0.4, 0.5) is 0 Å². The number of nitrogens with one attached hydrogen (secondary N) is 1. The highest BCUT2D eigenvalue weighted by atomic mass is 127. The van der Waals surface area contributed by atoms with E-state index in [-0.39, 0.29) is 24.0 Å². The molecule has 1 aromatic rings. The van der Waals surface area contributed by atoms with Crippen molar-refractivity contribution in [2.45, 2.75) is 38.6 Å². The summed E-state index contributed by atoms with van der Waals surface area (Å²) >= 11 is 1.75. The molecule has 114 valence electrons. The second-order valence-corrected chi connectivity index (χ2v) is 5.97. The van der Waals surface area contributed by atoms with Gasteiger partial charge in [0, 0.05) is 11.4 Å². The molecule has 0 atom stereocenters. The van der Waals surface area contributed by atoms with Gasteiger partial charge in [0.05, 0.1) is 6.54 Å². The van der Waals surface area contributed by atoms with Crippen LogP contribution >= 0.6 is 35.7 Å². The molecule has 0 saturated heterocycles. The lowest BCUT2D eigenvalue weighted by Gasteiger charge is -2.09. The van der Waals surface area contributed by atoms with Crippen LogP contribution in [0.15, 0.2) is 28.1 Å². The molecule has 1 aromatic carbocycles. The van der Waals surface area contributed by atoms with Crippen LogP contribution in [0, 0.1) is 12.8 Å². The first-order chi connectivity index (χ1) is 9.02. The van der Waals surface area contributed by atoms with E-state index in [4.69, 9.17) is 5.73 Å². The molecule has 3 N–H and O–H groups in total. The number of thioether (sulfide) groups is 1. The highest BCUT2D eigenvalue weighted by molar-refractivity contribution is 14.0. The van der Waals surface area contributed by atoms with Gasteiger partial charge in [0.15, 0.2) is 5.96 Å². The average Bonchev–Trinajstić information content (AvgIpc) is 2.36. The SMILES string of the molecule is CSc1cc(C)ccc1CN=C(N)NCCC(C)C.I. The molecule has 0 amide bonds. The Morgan fingerprint density at radius 1 is 1.40 bits per heavy atom. The molecule has 20 heavy (non-hydrogen) atoms. The van der Waals surface area contributed by atoms with Crippen molar-refractivity contribution in [3.63, 3.8) is 0 Å². The van der Waals surface area contributed by atoms with E-state index in [1.807, 2.05) is 0 Å². The van der Waals surface area contributed by atoms with Gasteiger partial charge in [-0.05, 0) is 42.7 Å². The van der Waals surface area contributed by atoms with E-state index in [1.165, 1.54) is 16.0 Å². The molecule has 3 nitrogen and oxygen atoms in total. The molecule has 0 aliphatic heterocycles. The van der Waals surface area contributed by atoms with Gasteiger partial charge in [0.25, 0.3) is 0 Å². The average molecular weight is 407 g/mol. The van der Waals surface area contributed by atoms with Crippen molar-refractivity contribution < 1.29 is 0 Å². The van der Waals surface area contributed by atoms with Gasteiger partial charge in [-0.15, -0.1) is 35.7 Å². The maximum absolute atomic E-state index is 5.86. The minimum Gasteiger partial charge on any atom is -0.370 e. The third kappa shape index (κ3) is 7.38. The Labute approximate surface area is 144 Å². The summed E-state index contributed by atoms with van der Waals surface area (Å²) in [4.78, 5) is 5.68. The number of hydrogen-bond donors (Lipinski definition) is 2. The first-order valence-corrected chi connectivity index (χ1v) is 7.92. The number of halogens is 1. The lowest BCUT2D eigenvalue weighted by atomic mass is 10.1. The van der Waals surface area contributed by atoms with E-state index in [2.05, 4.69) is 55.5 Å². The first-order valence-electron chi connectivity index (χ1n) is 6.70. The standard InChI is InChI=1S/C15H25N3S.HI/c1-11(2)7-8-17-15(16)18-10-13-6-5-12(3)9-14(13)19-4;/h5-6,9,11H,7-8,10H2,1-4H3,(H3,16,17,18);1H. The van der Waals surface area contributed by atoms with E-state index < -0.39 is 0 Å². The lowest BCUT2D eigenvalue weighted by Crippen LogP contribution is -2.32. The van der Waals surface area contributed by atoms with Crippen molar-refractivity contribution in [3.8, 4) is 0 Å². The zero-order valence-corrected chi connectivity index (χ0v) is 15.9. The second-order valence-electron chi connectivity index (χ2n) is 5.13. The molecule has 0 aromatic heterocycles. The molecule has 1 rings (SSSR count). The summed E-state index contributed by atoms with van der Waals surface area (Å²) in [5.74, 6) is 1.22. The van der Waals surface area contributed by atoms with Crippen LogP contribution in [0.2, 0.25) is 0 Å². The van der Waals surface area contributed by atoms with Gasteiger partial charge in [-0.1, -0.05) is 26.0 Å². The Bertz CT molecular complexity index is 433. The van der Waals surface area contributed by atoms with Gasteiger partial charge < -0.3 is 11.1 Å². The Hall–Kier alpha value is -0.430. The molecule has 0 fully saturated rings. The predicted octanol–water partition coefficient (Wildman–Crippen LogP) is 3.79. The maximum atomic E-state index is 5.86. The van der Waals surface area contributed by atoms with Crippen LogP contribution in [-0.2, 0) is 6.54 Å². The Morgan fingerprint density at radius 3 is 2.70 bits per heavy atom. The van der Waals surface area contributed by atoms with Gasteiger partial charge in [-0.25, -0.2) is 4.99 Å². The molecule has 0 heterocycles.